The van der Waals surface area contributed by atoms with Gasteiger partial charge < -0.3 is 0 Å². The van der Waals surface area contributed by atoms with Crippen LogP contribution >= 0.6 is 0 Å². The van der Waals surface area contributed by atoms with Crippen molar-refractivity contribution < 1.29 is 19.2 Å². The lowest BCUT2D eigenvalue weighted by molar-refractivity contribution is -0.133. The Bertz CT molecular complexity index is 1550. The normalized spacial score (nSPS) is 31.6. The standard InChI is InChI=1S/C34H25N3O4/c38-29-25-27(31(40)36(29)23-17-9-3-10-18-23)34(22-15-7-2-8-16-22)28-26(33(25,35-34)21-13-5-1-6-14-21)30(39)37(32(28)41)24-19-11-4-12-20-24/h1-20,25-28,35H/t25-,26-,27+,28+,33?,34?. The molecule has 4 saturated heterocycles. The molecule has 4 aromatic carbocycles. The van der Waals surface area contributed by atoms with Crippen LogP contribution in [0.25, 0.3) is 0 Å². The van der Waals surface area contributed by atoms with Crippen LogP contribution in [-0.4, -0.2) is 23.6 Å². The van der Waals surface area contributed by atoms with Crippen LogP contribution in [0, 0.1) is 23.7 Å². The Morgan fingerprint density at radius 1 is 0.415 bits per heavy atom. The Morgan fingerprint density at radius 3 is 0.976 bits per heavy atom. The lowest BCUT2D eigenvalue weighted by atomic mass is 9.55. The van der Waals surface area contributed by atoms with Crippen LogP contribution in [0.4, 0.5) is 11.4 Å². The number of benzene rings is 4. The molecule has 4 aliphatic heterocycles. The first-order valence-corrected chi connectivity index (χ1v) is 13.8. The maximum atomic E-state index is 14.5. The summed E-state index contributed by atoms with van der Waals surface area (Å²) in [4.78, 5) is 60.6. The van der Waals surface area contributed by atoms with Gasteiger partial charge in [-0.1, -0.05) is 97.1 Å². The highest BCUT2D eigenvalue weighted by Crippen LogP contribution is 2.71. The summed E-state index contributed by atoms with van der Waals surface area (Å²) >= 11 is 0. The molecule has 4 amide bonds. The van der Waals surface area contributed by atoms with Gasteiger partial charge in [-0.2, -0.15) is 0 Å². The van der Waals surface area contributed by atoms with E-state index in [4.69, 9.17) is 0 Å². The van der Waals surface area contributed by atoms with Gasteiger partial charge in [0.1, 0.15) is 0 Å². The highest BCUT2D eigenvalue weighted by Gasteiger charge is 2.85. The molecule has 0 saturated carbocycles. The molecule has 0 unspecified atom stereocenters. The van der Waals surface area contributed by atoms with Crippen LogP contribution in [0.3, 0.4) is 0 Å². The Labute approximate surface area is 236 Å². The zero-order chi connectivity index (χ0) is 27.9. The number of rotatable bonds is 4. The number of carbonyl (C=O) groups excluding carboxylic acids is 4. The third-order valence-corrected chi connectivity index (χ3v) is 9.52. The van der Waals surface area contributed by atoms with E-state index in [-0.39, 0.29) is 23.6 Å². The summed E-state index contributed by atoms with van der Waals surface area (Å²) in [6.07, 6.45) is 0. The number of hydrogen-bond acceptors (Lipinski definition) is 5. The smallest absolute Gasteiger partial charge is 0.240 e. The van der Waals surface area contributed by atoms with E-state index in [2.05, 4.69) is 5.32 Å². The van der Waals surface area contributed by atoms with Crippen molar-refractivity contribution in [3.8, 4) is 0 Å². The van der Waals surface area contributed by atoms with Crippen LogP contribution in [0.5, 0.6) is 0 Å². The van der Waals surface area contributed by atoms with Gasteiger partial charge in [0.15, 0.2) is 0 Å². The first kappa shape index (κ1) is 24.0. The minimum atomic E-state index is -1.28. The SMILES string of the molecule is O=C1[C@@H]2[C@H](C(=O)N1c1ccccc1)C1(c3ccccc3)NC2(c2ccccc2)[C@@H]2C(=O)N(c3ccccc3)C(=O)[C@@H]21. The molecular formula is C34H25N3O4. The Morgan fingerprint density at radius 2 is 0.683 bits per heavy atom. The second-order valence-electron chi connectivity index (χ2n) is 11.2. The molecule has 1 N–H and O–H groups in total. The van der Waals surface area contributed by atoms with Crippen LogP contribution < -0.4 is 15.1 Å². The summed E-state index contributed by atoms with van der Waals surface area (Å²) in [7, 11) is 0. The predicted molar refractivity (Wildman–Crippen MR) is 151 cm³/mol. The number of fused-ring (bicyclic) bond motifs is 8. The molecule has 0 aliphatic carbocycles. The van der Waals surface area contributed by atoms with E-state index in [1.165, 1.54) is 9.80 Å². The molecule has 4 fully saturated rings. The van der Waals surface area contributed by atoms with Crippen molar-refractivity contribution in [1.82, 2.24) is 5.32 Å². The number of carbonyl (C=O) groups is 4. The van der Waals surface area contributed by atoms with Crippen molar-refractivity contribution in [2.75, 3.05) is 9.80 Å². The molecular weight excluding hydrogens is 514 g/mol. The average molecular weight is 540 g/mol. The van der Waals surface area contributed by atoms with Gasteiger partial charge in [0, 0.05) is 0 Å². The second kappa shape index (κ2) is 8.32. The zero-order valence-electron chi connectivity index (χ0n) is 21.9. The largest absolute Gasteiger partial charge is 0.295 e. The molecule has 8 rings (SSSR count). The molecule has 0 aromatic heterocycles. The maximum absolute atomic E-state index is 14.5. The van der Waals surface area contributed by atoms with Crippen LogP contribution in [0.2, 0.25) is 0 Å². The van der Waals surface area contributed by atoms with Crippen LogP contribution in [-0.2, 0) is 30.3 Å². The van der Waals surface area contributed by atoms with Gasteiger partial charge in [-0.15, -0.1) is 0 Å². The summed E-state index contributed by atoms with van der Waals surface area (Å²) in [5.41, 5.74) is -0.162. The number of amides is 4. The van der Waals surface area contributed by atoms with Gasteiger partial charge in [-0.25, -0.2) is 9.80 Å². The van der Waals surface area contributed by atoms with Crippen molar-refractivity contribution in [2.24, 2.45) is 23.7 Å². The minimum Gasteiger partial charge on any atom is -0.295 e. The Balaban J connectivity index is 1.43. The van der Waals surface area contributed by atoms with Crippen molar-refractivity contribution >= 4 is 35.0 Å². The predicted octanol–water partition coefficient (Wildman–Crippen LogP) is 4.01. The molecule has 7 heteroatoms. The summed E-state index contributed by atoms with van der Waals surface area (Å²) in [5.74, 6) is -5.04. The van der Waals surface area contributed by atoms with E-state index in [1.807, 2.05) is 72.8 Å². The fraction of sp³-hybridized carbons (Fsp3) is 0.176. The fourth-order valence-electron chi connectivity index (χ4n) is 8.17. The van der Waals surface area contributed by atoms with E-state index >= 15 is 0 Å². The Hall–Kier alpha value is -4.88. The highest BCUT2D eigenvalue weighted by molar-refractivity contribution is 6.28. The molecule has 200 valence electrons. The number of nitrogens with one attached hydrogen (secondary N) is 1. The summed E-state index contributed by atoms with van der Waals surface area (Å²) in [6.45, 7) is 0. The lowest BCUT2D eigenvalue weighted by Gasteiger charge is -2.40. The molecule has 4 heterocycles. The van der Waals surface area contributed by atoms with E-state index in [0.29, 0.717) is 22.5 Å². The van der Waals surface area contributed by atoms with E-state index < -0.39 is 34.7 Å². The van der Waals surface area contributed by atoms with Gasteiger partial charge in [-0.3, -0.25) is 24.5 Å². The highest BCUT2D eigenvalue weighted by atomic mass is 16.2. The zero-order valence-corrected chi connectivity index (χ0v) is 21.9. The number of para-hydroxylation sites is 2. The maximum Gasteiger partial charge on any atom is 0.240 e. The number of nitrogens with zero attached hydrogens (tertiary/aromatic N) is 2. The van der Waals surface area contributed by atoms with Gasteiger partial charge >= 0.3 is 0 Å². The quantitative estimate of drug-likeness (QED) is 0.396. The molecule has 0 radical (unpaired) electrons. The molecule has 0 spiro atoms. The van der Waals surface area contributed by atoms with E-state index in [9.17, 15) is 19.2 Å². The average Bonchev–Trinajstić information content (AvgIpc) is 3.69. The van der Waals surface area contributed by atoms with Gasteiger partial charge in [0.2, 0.25) is 23.6 Å². The molecule has 41 heavy (non-hydrogen) atoms. The van der Waals surface area contributed by atoms with Gasteiger partial charge in [0.05, 0.1) is 46.1 Å². The van der Waals surface area contributed by atoms with Crippen molar-refractivity contribution in [3.05, 3.63) is 132 Å². The van der Waals surface area contributed by atoms with E-state index in [1.54, 1.807) is 48.5 Å². The van der Waals surface area contributed by atoms with Gasteiger partial charge in [0.25, 0.3) is 0 Å². The van der Waals surface area contributed by atoms with Crippen LogP contribution in [0.1, 0.15) is 11.1 Å². The molecule has 7 nitrogen and oxygen atoms in total. The molecule has 4 atom stereocenters. The van der Waals surface area contributed by atoms with E-state index in [0.717, 1.165) is 0 Å². The minimum absolute atomic E-state index is 0.364. The summed E-state index contributed by atoms with van der Waals surface area (Å²) in [5, 5.41) is 3.72. The first-order valence-electron chi connectivity index (χ1n) is 13.8. The number of hydrogen-bond donors (Lipinski definition) is 1. The van der Waals surface area contributed by atoms with Crippen LogP contribution in [0.15, 0.2) is 121 Å². The third kappa shape index (κ3) is 2.81. The molecule has 4 aromatic rings. The number of anilines is 2. The third-order valence-electron chi connectivity index (χ3n) is 9.52. The molecule has 4 aliphatic rings. The summed E-state index contributed by atoms with van der Waals surface area (Å²) < 4.78 is 0. The lowest BCUT2D eigenvalue weighted by Crippen LogP contribution is -2.53. The summed E-state index contributed by atoms with van der Waals surface area (Å²) in [6, 6.07) is 36.5. The Kier molecular flexibility index (Phi) is 4.86. The fourth-order valence-corrected chi connectivity index (χ4v) is 8.17. The van der Waals surface area contributed by atoms with Crippen molar-refractivity contribution in [1.29, 1.82) is 0 Å². The van der Waals surface area contributed by atoms with Gasteiger partial charge in [-0.05, 0) is 35.4 Å². The monoisotopic (exact) mass is 539 g/mol. The van der Waals surface area contributed by atoms with Crippen molar-refractivity contribution in [3.63, 3.8) is 0 Å². The first-order chi connectivity index (χ1) is 20.0. The number of imide groups is 2. The second-order valence-corrected chi connectivity index (χ2v) is 11.2. The van der Waals surface area contributed by atoms with Crippen molar-refractivity contribution in [2.45, 2.75) is 11.1 Å². The molecule has 2 bridgehead atoms. The topological polar surface area (TPSA) is 86.8 Å².